The van der Waals surface area contributed by atoms with Gasteiger partial charge in [0, 0.05) is 57.5 Å². The second-order valence-electron chi connectivity index (χ2n) is 8.76. The summed E-state index contributed by atoms with van der Waals surface area (Å²) in [6.45, 7) is 6.44. The predicted octanol–water partition coefficient (Wildman–Crippen LogP) is 3.98. The summed E-state index contributed by atoms with van der Waals surface area (Å²) in [7, 11) is 0. The standard InChI is InChI=1S/C20H27N3O2.2C2HF3O2/c1-2-8-21-18(4-1)16-25-20-14-22(12-17-6-10-24-11-7-17)13-19-5-3-9-23(19)15-20;2*3-2(4,5)1(6)7/h1-5,8-9,17,20H,6-7,10-16H2;2*(H,6,7). The van der Waals surface area contributed by atoms with Crippen LogP contribution in [0.1, 0.15) is 24.2 Å². The number of alkyl halides is 6. The first-order valence-electron chi connectivity index (χ1n) is 11.8. The molecule has 4 rings (SSSR count). The second-order valence-corrected chi connectivity index (χ2v) is 8.76. The number of carboxylic acids is 2. The molecule has 2 N–H and O–H groups in total. The van der Waals surface area contributed by atoms with Crippen molar-refractivity contribution >= 4 is 11.9 Å². The lowest BCUT2D eigenvalue weighted by atomic mass is 9.99. The smallest absolute Gasteiger partial charge is 0.475 e. The van der Waals surface area contributed by atoms with Crippen molar-refractivity contribution in [3.05, 3.63) is 54.1 Å². The molecule has 0 aliphatic carbocycles. The zero-order chi connectivity index (χ0) is 29.1. The number of pyridine rings is 1. The molecule has 9 nitrogen and oxygen atoms in total. The number of halogens is 6. The van der Waals surface area contributed by atoms with Crippen molar-refractivity contribution in [1.29, 1.82) is 0 Å². The highest BCUT2D eigenvalue weighted by molar-refractivity contribution is 5.73. The topological polar surface area (TPSA) is 114 Å². The first-order chi connectivity index (χ1) is 18.3. The molecule has 2 aromatic heterocycles. The Hall–Kier alpha value is -3.17. The van der Waals surface area contributed by atoms with Crippen LogP contribution in [-0.2, 0) is 38.8 Å². The maximum Gasteiger partial charge on any atom is 0.490 e. The van der Waals surface area contributed by atoms with Gasteiger partial charge in [-0.3, -0.25) is 9.88 Å². The van der Waals surface area contributed by atoms with Crippen molar-refractivity contribution in [3.8, 4) is 0 Å². The highest BCUT2D eigenvalue weighted by atomic mass is 19.4. The molecule has 0 amide bonds. The molecule has 4 heterocycles. The molecule has 2 aromatic rings. The first-order valence-corrected chi connectivity index (χ1v) is 11.8. The van der Waals surface area contributed by atoms with Gasteiger partial charge in [-0.05, 0) is 43.0 Å². The van der Waals surface area contributed by atoms with E-state index in [2.05, 4.69) is 32.8 Å². The molecule has 0 aromatic carbocycles. The average Bonchev–Trinajstić information content (AvgIpc) is 3.22. The summed E-state index contributed by atoms with van der Waals surface area (Å²) in [6, 6.07) is 10.4. The van der Waals surface area contributed by atoms with Crippen LogP contribution in [0.25, 0.3) is 0 Å². The van der Waals surface area contributed by atoms with E-state index in [0.29, 0.717) is 6.61 Å². The molecular weight excluding hydrogens is 540 g/mol. The van der Waals surface area contributed by atoms with Crippen molar-refractivity contribution in [1.82, 2.24) is 14.5 Å². The number of aromatic nitrogens is 2. The van der Waals surface area contributed by atoms with Crippen molar-refractivity contribution in [2.45, 2.75) is 51.0 Å². The van der Waals surface area contributed by atoms with Gasteiger partial charge in [-0.1, -0.05) is 6.07 Å². The highest BCUT2D eigenvalue weighted by Crippen LogP contribution is 2.21. The van der Waals surface area contributed by atoms with E-state index >= 15 is 0 Å². The van der Waals surface area contributed by atoms with Crippen LogP contribution in [0.15, 0.2) is 42.7 Å². The zero-order valence-corrected chi connectivity index (χ0v) is 20.7. The average molecular weight is 569 g/mol. The third-order valence-corrected chi connectivity index (χ3v) is 5.71. The van der Waals surface area contributed by atoms with E-state index in [1.807, 2.05) is 24.4 Å². The van der Waals surface area contributed by atoms with Crippen molar-refractivity contribution in [2.75, 3.05) is 26.3 Å². The van der Waals surface area contributed by atoms with Crippen LogP contribution in [0.2, 0.25) is 0 Å². The summed E-state index contributed by atoms with van der Waals surface area (Å²) in [5, 5.41) is 14.2. The molecule has 2 aliphatic heterocycles. The molecule has 218 valence electrons. The minimum atomic E-state index is -5.08. The number of nitrogens with zero attached hydrogens (tertiary/aromatic N) is 3. The van der Waals surface area contributed by atoms with Crippen LogP contribution in [0.3, 0.4) is 0 Å². The number of rotatable bonds is 5. The normalized spacial score (nSPS) is 18.5. The summed E-state index contributed by atoms with van der Waals surface area (Å²) in [4.78, 5) is 24.7. The van der Waals surface area contributed by atoms with Crippen LogP contribution in [-0.4, -0.2) is 81.4 Å². The van der Waals surface area contributed by atoms with Crippen LogP contribution in [0.5, 0.6) is 0 Å². The van der Waals surface area contributed by atoms with E-state index < -0.39 is 24.3 Å². The van der Waals surface area contributed by atoms with Gasteiger partial charge in [0.05, 0.1) is 18.4 Å². The quantitative estimate of drug-likeness (QED) is 0.520. The minimum absolute atomic E-state index is 0.190. The third-order valence-electron chi connectivity index (χ3n) is 5.71. The van der Waals surface area contributed by atoms with Crippen LogP contribution < -0.4 is 0 Å². The Kier molecular flexibility index (Phi) is 12.2. The van der Waals surface area contributed by atoms with Gasteiger partial charge in [0.25, 0.3) is 0 Å². The van der Waals surface area contributed by atoms with Crippen LogP contribution >= 0.6 is 0 Å². The number of ether oxygens (including phenoxy) is 2. The van der Waals surface area contributed by atoms with Gasteiger partial charge in [0.2, 0.25) is 0 Å². The number of fused-ring (bicyclic) bond motifs is 1. The monoisotopic (exact) mass is 569 g/mol. The minimum Gasteiger partial charge on any atom is -0.475 e. The van der Waals surface area contributed by atoms with Crippen LogP contribution in [0.4, 0.5) is 26.3 Å². The Balaban J connectivity index is 0.000000317. The van der Waals surface area contributed by atoms with Crippen molar-refractivity contribution in [3.63, 3.8) is 0 Å². The van der Waals surface area contributed by atoms with Crippen LogP contribution in [0, 0.1) is 5.92 Å². The van der Waals surface area contributed by atoms with E-state index in [0.717, 1.165) is 51.0 Å². The molecule has 39 heavy (non-hydrogen) atoms. The fourth-order valence-corrected chi connectivity index (χ4v) is 3.86. The lowest BCUT2D eigenvalue weighted by molar-refractivity contribution is -0.193. The zero-order valence-electron chi connectivity index (χ0n) is 20.7. The number of hydrogen-bond acceptors (Lipinski definition) is 6. The molecular formula is C24H29F6N3O6. The van der Waals surface area contributed by atoms with Gasteiger partial charge in [-0.25, -0.2) is 9.59 Å². The Labute approximate surface area is 219 Å². The predicted molar refractivity (Wildman–Crippen MR) is 123 cm³/mol. The maximum atomic E-state index is 10.6. The van der Waals surface area contributed by atoms with E-state index in [1.165, 1.54) is 18.5 Å². The van der Waals surface area contributed by atoms with Gasteiger partial charge >= 0.3 is 24.3 Å². The fourth-order valence-electron chi connectivity index (χ4n) is 3.86. The molecule has 2 aliphatic rings. The summed E-state index contributed by atoms with van der Waals surface area (Å²) >= 11 is 0. The molecule has 0 saturated carbocycles. The largest absolute Gasteiger partial charge is 0.490 e. The highest BCUT2D eigenvalue weighted by Gasteiger charge is 2.38. The number of carboxylic acid groups (broad SMARTS) is 2. The van der Waals surface area contributed by atoms with Gasteiger partial charge in [0.1, 0.15) is 0 Å². The Morgan fingerprint density at radius 2 is 1.59 bits per heavy atom. The molecule has 1 atom stereocenters. The summed E-state index contributed by atoms with van der Waals surface area (Å²) in [5.74, 6) is -4.77. The van der Waals surface area contributed by atoms with E-state index in [4.69, 9.17) is 29.3 Å². The Bertz CT molecular complexity index is 1000. The molecule has 0 spiro atoms. The van der Waals surface area contributed by atoms with E-state index in [1.54, 1.807) is 0 Å². The summed E-state index contributed by atoms with van der Waals surface area (Å²) in [5.41, 5.74) is 2.38. The second kappa shape index (κ2) is 14.8. The van der Waals surface area contributed by atoms with Gasteiger partial charge < -0.3 is 24.3 Å². The SMILES string of the molecule is O=C(O)C(F)(F)F.O=C(O)C(F)(F)F.c1ccc(COC2CN(CC3CCOCC3)Cc3cccn3C2)nc1. The Morgan fingerprint density at radius 3 is 2.13 bits per heavy atom. The molecule has 1 fully saturated rings. The van der Waals surface area contributed by atoms with Crippen molar-refractivity contribution in [2.24, 2.45) is 5.92 Å². The molecule has 0 bridgehead atoms. The number of aliphatic carboxylic acids is 2. The maximum absolute atomic E-state index is 10.6. The van der Waals surface area contributed by atoms with Gasteiger partial charge in [-0.15, -0.1) is 0 Å². The molecule has 1 saturated heterocycles. The summed E-state index contributed by atoms with van der Waals surface area (Å²) in [6.07, 6.45) is -3.62. The summed E-state index contributed by atoms with van der Waals surface area (Å²) < 4.78 is 77.6. The third kappa shape index (κ3) is 12.0. The van der Waals surface area contributed by atoms with Gasteiger partial charge in [0.15, 0.2) is 0 Å². The lowest BCUT2D eigenvalue weighted by Crippen LogP contribution is -2.37. The van der Waals surface area contributed by atoms with Crippen molar-refractivity contribution < 1.29 is 55.6 Å². The number of hydrogen-bond donors (Lipinski definition) is 2. The fraction of sp³-hybridized carbons (Fsp3) is 0.542. The Morgan fingerprint density at radius 1 is 0.974 bits per heavy atom. The first kappa shape index (κ1) is 32.0. The molecule has 0 radical (unpaired) electrons. The number of carbonyl (C=O) groups is 2. The molecule has 15 heteroatoms. The molecule has 1 unspecified atom stereocenters. The van der Waals surface area contributed by atoms with E-state index in [-0.39, 0.29) is 6.10 Å². The lowest BCUT2D eigenvalue weighted by Gasteiger charge is -2.30. The van der Waals surface area contributed by atoms with E-state index in [9.17, 15) is 26.3 Å². The van der Waals surface area contributed by atoms with Gasteiger partial charge in [-0.2, -0.15) is 26.3 Å².